The number of hydrogen-bond donors (Lipinski definition) is 3. The van der Waals surface area contributed by atoms with Gasteiger partial charge in [-0.3, -0.25) is 4.79 Å². The van der Waals surface area contributed by atoms with E-state index in [1.165, 1.54) is 18.4 Å². The van der Waals surface area contributed by atoms with Gasteiger partial charge in [-0.1, -0.05) is 12.1 Å². The first-order chi connectivity index (χ1) is 11.9. The highest BCUT2D eigenvalue weighted by molar-refractivity contribution is 7.10. The highest BCUT2D eigenvalue weighted by Crippen LogP contribution is 2.38. The Morgan fingerprint density at radius 2 is 2.36 bits per heavy atom. The van der Waals surface area contributed by atoms with Gasteiger partial charge >= 0.3 is 6.03 Å². The SMILES string of the molecule is C=CCNC(=O)N1CCC(C)(O)C(NC(=O)COC)C1c1cccs1. The molecule has 0 radical (unpaired) electrons. The summed E-state index contributed by atoms with van der Waals surface area (Å²) in [7, 11) is 1.43. The average Bonchev–Trinajstić information content (AvgIpc) is 3.08. The predicted molar refractivity (Wildman–Crippen MR) is 96.4 cm³/mol. The Morgan fingerprint density at radius 3 is 2.96 bits per heavy atom. The third-order valence-corrected chi connectivity index (χ3v) is 5.21. The van der Waals surface area contributed by atoms with Crippen molar-refractivity contribution >= 4 is 23.3 Å². The van der Waals surface area contributed by atoms with Gasteiger partial charge in [0, 0.05) is 25.1 Å². The van der Waals surface area contributed by atoms with Gasteiger partial charge in [-0.25, -0.2) is 4.79 Å². The molecule has 2 rings (SSSR count). The van der Waals surface area contributed by atoms with Gasteiger partial charge in [0.25, 0.3) is 0 Å². The molecule has 3 N–H and O–H groups in total. The van der Waals surface area contributed by atoms with Gasteiger partial charge in [0.1, 0.15) is 6.61 Å². The van der Waals surface area contributed by atoms with Crippen molar-refractivity contribution in [3.05, 3.63) is 35.0 Å². The highest BCUT2D eigenvalue weighted by Gasteiger charge is 2.48. The van der Waals surface area contributed by atoms with Gasteiger partial charge in [0.15, 0.2) is 0 Å². The van der Waals surface area contributed by atoms with Crippen LogP contribution in [0.4, 0.5) is 4.79 Å². The molecule has 1 aliphatic rings. The summed E-state index contributed by atoms with van der Waals surface area (Å²) in [6.07, 6.45) is 1.96. The predicted octanol–water partition coefficient (Wildman–Crippen LogP) is 1.27. The number of amides is 3. The van der Waals surface area contributed by atoms with E-state index in [1.54, 1.807) is 17.9 Å². The van der Waals surface area contributed by atoms with E-state index in [-0.39, 0.29) is 18.5 Å². The summed E-state index contributed by atoms with van der Waals surface area (Å²) in [6, 6.07) is 2.43. The van der Waals surface area contributed by atoms with Crippen molar-refractivity contribution in [3.63, 3.8) is 0 Å². The van der Waals surface area contributed by atoms with Gasteiger partial charge in [-0.2, -0.15) is 0 Å². The molecule has 8 heteroatoms. The van der Waals surface area contributed by atoms with E-state index in [1.807, 2.05) is 17.5 Å². The fourth-order valence-electron chi connectivity index (χ4n) is 3.01. The number of rotatable bonds is 6. The van der Waals surface area contributed by atoms with E-state index in [0.717, 1.165) is 4.88 Å². The number of ether oxygens (including phenoxy) is 1. The normalized spacial score (nSPS) is 26.1. The number of nitrogens with one attached hydrogen (secondary N) is 2. The van der Waals surface area contributed by atoms with Gasteiger partial charge in [-0.05, 0) is 24.8 Å². The molecule has 1 fully saturated rings. The van der Waals surface area contributed by atoms with E-state index >= 15 is 0 Å². The largest absolute Gasteiger partial charge is 0.388 e. The third kappa shape index (κ3) is 4.59. The number of aliphatic hydroxyl groups is 1. The number of carbonyl (C=O) groups excluding carboxylic acids is 2. The molecule has 1 saturated heterocycles. The molecule has 2 heterocycles. The average molecular weight is 367 g/mol. The summed E-state index contributed by atoms with van der Waals surface area (Å²) < 4.78 is 4.87. The smallest absolute Gasteiger partial charge is 0.318 e. The number of hydrogen-bond acceptors (Lipinski definition) is 5. The number of methoxy groups -OCH3 is 1. The van der Waals surface area contributed by atoms with E-state index < -0.39 is 17.7 Å². The van der Waals surface area contributed by atoms with E-state index in [4.69, 9.17) is 4.74 Å². The standard InChI is InChI=1S/C17H25N3O4S/c1-4-8-18-16(22)20-9-7-17(2,23)15(19-13(21)11-24-3)14(20)12-6-5-10-25-12/h4-6,10,14-15,23H,1,7-9,11H2,2-3H3,(H,18,22)(H,19,21). The van der Waals surface area contributed by atoms with Crippen molar-refractivity contribution in [2.24, 2.45) is 0 Å². The minimum Gasteiger partial charge on any atom is -0.388 e. The fourth-order valence-corrected chi connectivity index (χ4v) is 3.88. The van der Waals surface area contributed by atoms with Crippen LogP contribution in [0.2, 0.25) is 0 Å². The maximum absolute atomic E-state index is 12.6. The van der Waals surface area contributed by atoms with Gasteiger partial charge in [0.05, 0.1) is 17.7 Å². The van der Waals surface area contributed by atoms with Crippen LogP contribution in [0.1, 0.15) is 24.3 Å². The fraction of sp³-hybridized carbons (Fsp3) is 0.529. The molecule has 0 bridgehead atoms. The lowest BCUT2D eigenvalue weighted by atomic mass is 9.82. The minimum absolute atomic E-state index is 0.105. The Morgan fingerprint density at radius 1 is 1.60 bits per heavy atom. The van der Waals surface area contributed by atoms with Crippen molar-refractivity contribution in [3.8, 4) is 0 Å². The molecule has 3 atom stereocenters. The lowest BCUT2D eigenvalue weighted by Crippen LogP contribution is -2.64. The van der Waals surface area contributed by atoms with Crippen LogP contribution in [-0.2, 0) is 9.53 Å². The summed E-state index contributed by atoms with van der Waals surface area (Å²) in [4.78, 5) is 27.2. The number of nitrogens with zero attached hydrogens (tertiary/aromatic N) is 1. The molecule has 0 aliphatic carbocycles. The molecule has 7 nitrogen and oxygen atoms in total. The number of urea groups is 1. The minimum atomic E-state index is -1.15. The Kier molecular flexibility index (Phi) is 6.57. The van der Waals surface area contributed by atoms with Crippen molar-refractivity contribution in [2.45, 2.75) is 31.0 Å². The van der Waals surface area contributed by atoms with Crippen molar-refractivity contribution in [1.29, 1.82) is 0 Å². The molecule has 1 aromatic heterocycles. The summed E-state index contributed by atoms with van der Waals surface area (Å²) in [5, 5.41) is 18.4. The zero-order valence-corrected chi connectivity index (χ0v) is 15.3. The first-order valence-corrected chi connectivity index (χ1v) is 8.98. The topological polar surface area (TPSA) is 90.9 Å². The van der Waals surface area contributed by atoms with E-state index in [0.29, 0.717) is 19.5 Å². The molecular formula is C17H25N3O4S. The second kappa shape index (κ2) is 8.46. The first kappa shape index (κ1) is 19.4. The molecule has 3 unspecified atom stereocenters. The van der Waals surface area contributed by atoms with Crippen molar-refractivity contribution < 1.29 is 19.4 Å². The van der Waals surface area contributed by atoms with Gasteiger partial charge < -0.3 is 25.4 Å². The number of carbonyl (C=O) groups is 2. The monoisotopic (exact) mass is 367 g/mol. The maximum Gasteiger partial charge on any atom is 0.318 e. The van der Waals surface area contributed by atoms with E-state index in [9.17, 15) is 14.7 Å². The van der Waals surface area contributed by atoms with E-state index in [2.05, 4.69) is 17.2 Å². The molecule has 0 spiro atoms. The molecule has 0 aromatic carbocycles. The molecule has 138 valence electrons. The number of piperidine rings is 1. The van der Waals surface area contributed by atoms with Crippen LogP contribution in [0.15, 0.2) is 30.2 Å². The van der Waals surface area contributed by atoms with Crippen LogP contribution in [0.3, 0.4) is 0 Å². The van der Waals surface area contributed by atoms with Crippen LogP contribution in [0.25, 0.3) is 0 Å². The maximum atomic E-state index is 12.6. The second-order valence-corrected chi connectivity index (χ2v) is 7.19. The molecular weight excluding hydrogens is 342 g/mol. The summed E-state index contributed by atoms with van der Waals surface area (Å²) in [5.41, 5.74) is -1.15. The quantitative estimate of drug-likeness (QED) is 0.661. The second-order valence-electron chi connectivity index (χ2n) is 6.21. The molecule has 1 aliphatic heterocycles. The Balaban J connectivity index is 2.33. The highest BCUT2D eigenvalue weighted by atomic mass is 32.1. The summed E-state index contributed by atoms with van der Waals surface area (Å²) in [5.74, 6) is -0.331. The van der Waals surface area contributed by atoms with Crippen molar-refractivity contribution in [2.75, 3.05) is 26.8 Å². The zero-order valence-electron chi connectivity index (χ0n) is 14.5. The van der Waals surface area contributed by atoms with Crippen LogP contribution >= 0.6 is 11.3 Å². The molecule has 0 saturated carbocycles. The Bertz CT molecular complexity index is 603. The van der Waals surface area contributed by atoms with Gasteiger partial charge in [-0.15, -0.1) is 17.9 Å². The molecule has 3 amide bonds. The van der Waals surface area contributed by atoms with Crippen LogP contribution in [0.5, 0.6) is 0 Å². The Labute approximate surface area is 151 Å². The van der Waals surface area contributed by atoms with Crippen molar-refractivity contribution in [1.82, 2.24) is 15.5 Å². The zero-order chi connectivity index (χ0) is 18.4. The first-order valence-electron chi connectivity index (χ1n) is 8.10. The van der Waals surface area contributed by atoms with Crippen LogP contribution in [-0.4, -0.2) is 60.4 Å². The van der Waals surface area contributed by atoms with Crippen LogP contribution < -0.4 is 10.6 Å². The summed E-state index contributed by atoms with van der Waals surface area (Å²) >= 11 is 1.48. The Hall–Kier alpha value is -1.90. The lowest BCUT2D eigenvalue weighted by Gasteiger charge is -2.48. The molecule has 25 heavy (non-hydrogen) atoms. The van der Waals surface area contributed by atoms with Crippen LogP contribution in [0, 0.1) is 0 Å². The van der Waals surface area contributed by atoms with Gasteiger partial charge in [0.2, 0.25) is 5.91 Å². The number of likely N-dealkylation sites (tertiary alicyclic amines) is 1. The lowest BCUT2D eigenvalue weighted by molar-refractivity contribution is -0.130. The third-order valence-electron chi connectivity index (χ3n) is 4.27. The number of thiophene rings is 1. The molecule has 1 aromatic rings. The summed E-state index contributed by atoms with van der Waals surface area (Å²) in [6.45, 7) is 5.92.